The Hall–Kier alpha value is -2.32. The first-order chi connectivity index (χ1) is 6.41. The van der Waals surface area contributed by atoms with Crippen molar-refractivity contribution in [3.8, 4) is 0 Å². The first kappa shape index (κ1) is 11.7. The molecule has 5 N–H and O–H groups in total. The van der Waals surface area contributed by atoms with Crippen LogP contribution in [0.25, 0.3) is 0 Å². The fourth-order valence-corrected chi connectivity index (χ4v) is 0.615. The van der Waals surface area contributed by atoms with E-state index < -0.39 is 5.09 Å². The van der Waals surface area contributed by atoms with E-state index in [9.17, 15) is 0 Å². The van der Waals surface area contributed by atoms with Crippen LogP contribution < -0.4 is 11.5 Å². The summed E-state index contributed by atoms with van der Waals surface area (Å²) in [5.74, 6) is 0.0491. The molecule has 0 radical (unpaired) electrons. The molecule has 78 valence electrons. The number of hydrogen-bond donors (Lipinski definition) is 3. The topological polar surface area (TPSA) is 146 Å². The van der Waals surface area contributed by atoms with Gasteiger partial charge in [-0.3, -0.25) is 4.68 Å². The molecule has 0 fully saturated rings. The Morgan fingerprint density at radius 2 is 2.29 bits per heavy atom. The van der Waals surface area contributed by atoms with Crippen LogP contribution in [0.4, 0.5) is 5.69 Å². The average molecular weight is 202 g/mol. The van der Waals surface area contributed by atoms with Crippen LogP contribution in [0.15, 0.2) is 17.4 Å². The van der Waals surface area contributed by atoms with E-state index in [0.29, 0.717) is 5.69 Å². The second-order valence-corrected chi connectivity index (χ2v) is 2.15. The summed E-state index contributed by atoms with van der Waals surface area (Å²) in [5.41, 5.74) is 10.9. The van der Waals surface area contributed by atoms with E-state index in [1.807, 2.05) is 0 Å². The normalized spacial score (nSPS) is 8.36. The minimum atomic E-state index is -1.50. The van der Waals surface area contributed by atoms with Gasteiger partial charge in [-0.05, 0) is 0 Å². The Bertz CT molecular complexity index is 324. The summed E-state index contributed by atoms with van der Waals surface area (Å²) >= 11 is 0. The fraction of sp³-hybridized carbons (Fsp3) is 0.200. The molecule has 0 amide bonds. The number of nitrogens with two attached hydrogens (primary N) is 2. The molecule has 0 spiro atoms. The van der Waals surface area contributed by atoms with Crippen LogP contribution in [-0.2, 0) is 7.05 Å². The maximum absolute atomic E-state index is 8.36. The molecule has 0 aliphatic carbocycles. The molecule has 1 heterocycles. The highest BCUT2D eigenvalue weighted by Gasteiger charge is 1.90. The minimum absolute atomic E-state index is 0.0491. The Labute approximate surface area is 78.8 Å². The number of aliphatic imine (C=N–C) groups is 1. The Morgan fingerprint density at radius 3 is 2.57 bits per heavy atom. The summed E-state index contributed by atoms with van der Waals surface area (Å²) in [4.78, 5) is 12.1. The van der Waals surface area contributed by atoms with Crippen molar-refractivity contribution < 1.29 is 10.3 Å². The highest BCUT2D eigenvalue weighted by atomic mass is 16.9. The number of aromatic nitrogens is 2. The second kappa shape index (κ2) is 5.35. The van der Waals surface area contributed by atoms with E-state index in [1.165, 1.54) is 0 Å². The zero-order valence-corrected chi connectivity index (χ0v) is 7.36. The van der Waals surface area contributed by atoms with Crippen LogP contribution in [0, 0.1) is 10.1 Å². The van der Waals surface area contributed by atoms with Crippen molar-refractivity contribution in [2.45, 2.75) is 0 Å². The van der Waals surface area contributed by atoms with Gasteiger partial charge in [0, 0.05) is 7.05 Å². The predicted octanol–water partition coefficient (Wildman–Crippen LogP) is -1.02. The molecule has 1 rings (SSSR count). The molecule has 1 aromatic heterocycles. The molecule has 0 bridgehead atoms. The molecule has 0 aliphatic rings. The lowest BCUT2D eigenvalue weighted by Crippen LogP contribution is -2.21. The SMILES string of the molecule is Cn1cc(N=C(N)N)cn1.O=[N+]([O-])O. The van der Waals surface area contributed by atoms with E-state index >= 15 is 0 Å². The number of guanidine groups is 1. The summed E-state index contributed by atoms with van der Waals surface area (Å²) in [7, 11) is 1.80. The highest BCUT2D eigenvalue weighted by Crippen LogP contribution is 2.06. The highest BCUT2D eigenvalue weighted by molar-refractivity contribution is 5.78. The van der Waals surface area contributed by atoms with E-state index in [2.05, 4.69) is 10.1 Å². The second-order valence-electron chi connectivity index (χ2n) is 2.15. The van der Waals surface area contributed by atoms with Gasteiger partial charge in [0.25, 0.3) is 5.09 Å². The molecule has 1 aromatic rings. The van der Waals surface area contributed by atoms with Crippen molar-refractivity contribution >= 4 is 11.6 Å². The van der Waals surface area contributed by atoms with Crippen molar-refractivity contribution in [3.63, 3.8) is 0 Å². The third-order valence-electron chi connectivity index (χ3n) is 0.949. The van der Waals surface area contributed by atoms with Gasteiger partial charge in [0.05, 0.1) is 12.4 Å². The van der Waals surface area contributed by atoms with Gasteiger partial charge in [-0.25, -0.2) is 4.99 Å². The average Bonchev–Trinajstić information content (AvgIpc) is 2.32. The lowest BCUT2D eigenvalue weighted by atomic mass is 10.6. The molecule has 0 saturated carbocycles. The fourth-order valence-electron chi connectivity index (χ4n) is 0.615. The van der Waals surface area contributed by atoms with Gasteiger partial charge < -0.3 is 16.7 Å². The zero-order chi connectivity index (χ0) is 11.1. The summed E-state index contributed by atoms with van der Waals surface area (Å²) in [6.07, 6.45) is 3.30. The Kier molecular flexibility index (Phi) is 4.46. The zero-order valence-electron chi connectivity index (χ0n) is 7.36. The van der Waals surface area contributed by atoms with E-state index in [4.69, 9.17) is 26.8 Å². The Morgan fingerprint density at radius 1 is 1.79 bits per heavy atom. The molecule has 0 saturated heterocycles. The van der Waals surface area contributed by atoms with E-state index in [-0.39, 0.29) is 5.96 Å². The van der Waals surface area contributed by atoms with E-state index in [0.717, 1.165) is 0 Å². The van der Waals surface area contributed by atoms with Crippen LogP contribution in [-0.4, -0.2) is 26.0 Å². The van der Waals surface area contributed by atoms with Crippen LogP contribution in [0.3, 0.4) is 0 Å². The van der Waals surface area contributed by atoms with Crippen molar-refractivity contribution in [2.24, 2.45) is 23.5 Å². The summed E-state index contributed by atoms with van der Waals surface area (Å²) in [6.45, 7) is 0. The lowest BCUT2D eigenvalue weighted by molar-refractivity contribution is -0.742. The molecule has 0 aromatic carbocycles. The summed E-state index contributed by atoms with van der Waals surface area (Å²) < 4.78 is 1.63. The maximum atomic E-state index is 8.36. The summed E-state index contributed by atoms with van der Waals surface area (Å²) in [6, 6.07) is 0. The van der Waals surface area contributed by atoms with Gasteiger partial charge in [0.1, 0.15) is 5.69 Å². The van der Waals surface area contributed by atoms with Crippen molar-refractivity contribution in [1.29, 1.82) is 0 Å². The predicted molar refractivity (Wildman–Crippen MR) is 47.5 cm³/mol. The molecule has 0 unspecified atom stereocenters. The van der Waals surface area contributed by atoms with Gasteiger partial charge in [-0.2, -0.15) is 5.10 Å². The maximum Gasteiger partial charge on any atom is 0.291 e. The van der Waals surface area contributed by atoms with Gasteiger partial charge in [0.2, 0.25) is 0 Å². The molecule has 14 heavy (non-hydrogen) atoms. The first-order valence-electron chi connectivity index (χ1n) is 3.33. The largest absolute Gasteiger partial charge is 0.370 e. The monoisotopic (exact) mass is 202 g/mol. The lowest BCUT2D eigenvalue weighted by Gasteiger charge is -1.85. The molecule has 0 aliphatic heterocycles. The Balaban J connectivity index is 0.000000364. The van der Waals surface area contributed by atoms with E-state index in [1.54, 1.807) is 24.1 Å². The first-order valence-corrected chi connectivity index (χ1v) is 3.33. The number of rotatable bonds is 1. The number of aryl methyl sites for hydroxylation is 1. The third kappa shape index (κ3) is 6.39. The van der Waals surface area contributed by atoms with Gasteiger partial charge in [-0.1, -0.05) is 0 Å². The molecule has 9 heteroatoms. The molecular formula is C5H10N6O3. The van der Waals surface area contributed by atoms with Gasteiger partial charge in [0.15, 0.2) is 5.96 Å². The van der Waals surface area contributed by atoms with Crippen molar-refractivity contribution in [2.75, 3.05) is 0 Å². The molecule has 9 nitrogen and oxygen atoms in total. The van der Waals surface area contributed by atoms with Gasteiger partial charge in [-0.15, -0.1) is 10.1 Å². The quantitative estimate of drug-likeness (QED) is 0.230. The van der Waals surface area contributed by atoms with Crippen molar-refractivity contribution in [3.05, 3.63) is 22.5 Å². The standard InChI is InChI=1S/C5H9N5.HNO3/c1-10-3-4(2-8-10)9-5(6)7;2-1(3)4/h2-3H,1H3,(H4,6,7,9);(H,2,3,4). The van der Waals surface area contributed by atoms with Crippen LogP contribution in [0.1, 0.15) is 0 Å². The minimum Gasteiger partial charge on any atom is -0.370 e. The van der Waals surface area contributed by atoms with Crippen molar-refractivity contribution in [1.82, 2.24) is 9.78 Å². The smallest absolute Gasteiger partial charge is 0.291 e. The third-order valence-corrected chi connectivity index (χ3v) is 0.949. The summed E-state index contributed by atoms with van der Waals surface area (Å²) in [5, 5.41) is 17.5. The van der Waals surface area contributed by atoms with Crippen LogP contribution in [0.5, 0.6) is 0 Å². The molecular weight excluding hydrogens is 192 g/mol. The van der Waals surface area contributed by atoms with Crippen LogP contribution in [0.2, 0.25) is 0 Å². The molecule has 0 atom stereocenters. The van der Waals surface area contributed by atoms with Crippen LogP contribution >= 0.6 is 0 Å². The van der Waals surface area contributed by atoms with Gasteiger partial charge >= 0.3 is 0 Å². The number of hydrogen-bond acceptors (Lipinski definition) is 4. The number of nitrogens with zero attached hydrogens (tertiary/aromatic N) is 4.